The third-order valence-electron chi connectivity index (χ3n) is 2.79. The quantitative estimate of drug-likeness (QED) is 0.804. The van der Waals surface area contributed by atoms with E-state index in [0.717, 1.165) is 5.75 Å². The molecule has 0 atom stereocenters. The van der Waals surface area contributed by atoms with E-state index >= 15 is 0 Å². The Morgan fingerprint density at radius 3 is 2.71 bits per heavy atom. The highest BCUT2D eigenvalue weighted by atomic mass is 79.9. The monoisotopic (exact) mass is 351 g/mol. The molecule has 1 N–H and O–H groups in total. The van der Waals surface area contributed by atoms with Gasteiger partial charge in [0.05, 0.1) is 12.2 Å². The van der Waals surface area contributed by atoms with Gasteiger partial charge in [0.1, 0.15) is 11.6 Å². The summed E-state index contributed by atoms with van der Waals surface area (Å²) in [5.74, 6) is -0.161. The van der Waals surface area contributed by atoms with E-state index in [2.05, 4.69) is 21.2 Å². The lowest BCUT2D eigenvalue weighted by Crippen LogP contribution is -2.26. The highest BCUT2D eigenvalue weighted by molar-refractivity contribution is 9.10. The second-order valence-electron chi connectivity index (χ2n) is 4.40. The third kappa shape index (κ3) is 4.86. The Morgan fingerprint density at radius 1 is 1.19 bits per heavy atom. The highest BCUT2D eigenvalue weighted by Crippen LogP contribution is 2.15. The molecule has 0 aliphatic heterocycles. The van der Waals surface area contributed by atoms with Crippen LogP contribution in [-0.4, -0.2) is 19.1 Å². The van der Waals surface area contributed by atoms with Crippen molar-refractivity contribution in [2.24, 2.45) is 0 Å². The molecule has 2 rings (SSSR count). The first-order chi connectivity index (χ1) is 10.2. The summed E-state index contributed by atoms with van der Waals surface area (Å²) in [5, 5.41) is 2.67. The highest BCUT2D eigenvalue weighted by Gasteiger charge is 2.11. The molecule has 0 aliphatic carbocycles. The van der Waals surface area contributed by atoms with E-state index in [0.29, 0.717) is 24.0 Å². The Balaban J connectivity index is 1.73. The number of hydrogen-bond donors (Lipinski definition) is 1. The first-order valence-electron chi connectivity index (χ1n) is 6.58. The molecule has 0 heterocycles. The first kappa shape index (κ1) is 15.5. The zero-order chi connectivity index (χ0) is 15.1. The van der Waals surface area contributed by atoms with E-state index in [4.69, 9.17) is 4.74 Å². The van der Waals surface area contributed by atoms with Crippen LogP contribution in [0, 0.1) is 5.82 Å². The summed E-state index contributed by atoms with van der Waals surface area (Å²) >= 11 is 3.22. The van der Waals surface area contributed by atoms with Gasteiger partial charge in [0.25, 0.3) is 5.91 Å². The lowest BCUT2D eigenvalue weighted by atomic mass is 10.2. The molecule has 0 bridgehead atoms. The van der Waals surface area contributed by atoms with Gasteiger partial charge >= 0.3 is 0 Å². The Morgan fingerprint density at radius 2 is 1.95 bits per heavy atom. The number of para-hydroxylation sites is 1. The molecule has 3 nitrogen and oxygen atoms in total. The van der Waals surface area contributed by atoms with Gasteiger partial charge in [-0.1, -0.05) is 34.1 Å². The van der Waals surface area contributed by atoms with Crippen molar-refractivity contribution in [3.05, 3.63) is 64.4 Å². The van der Waals surface area contributed by atoms with Crippen LogP contribution in [0.5, 0.6) is 5.75 Å². The van der Waals surface area contributed by atoms with Crippen molar-refractivity contribution in [1.29, 1.82) is 0 Å². The van der Waals surface area contributed by atoms with Crippen molar-refractivity contribution in [3.8, 4) is 5.75 Å². The molecular weight excluding hydrogens is 337 g/mol. The number of nitrogens with one attached hydrogen (secondary N) is 1. The fourth-order valence-corrected chi connectivity index (χ4v) is 2.11. The van der Waals surface area contributed by atoms with Gasteiger partial charge in [0, 0.05) is 11.0 Å². The lowest BCUT2D eigenvalue weighted by Gasteiger charge is -2.08. The predicted octanol–water partition coefficient (Wildman–Crippen LogP) is 3.79. The van der Waals surface area contributed by atoms with Gasteiger partial charge in [0.15, 0.2) is 0 Å². The second-order valence-corrected chi connectivity index (χ2v) is 5.31. The van der Waals surface area contributed by atoms with Gasteiger partial charge < -0.3 is 10.1 Å². The number of carbonyl (C=O) groups is 1. The summed E-state index contributed by atoms with van der Waals surface area (Å²) in [6.45, 7) is 0.920. The minimum Gasteiger partial charge on any atom is -0.494 e. The zero-order valence-electron chi connectivity index (χ0n) is 11.3. The zero-order valence-corrected chi connectivity index (χ0v) is 12.9. The molecule has 2 aromatic carbocycles. The maximum Gasteiger partial charge on any atom is 0.254 e. The van der Waals surface area contributed by atoms with Crippen LogP contribution in [0.15, 0.2) is 53.0 Å². The van der Waals surface area contributed by atoms with Crippen molar-refractivity contribution >= 4 is 21.8 Å². The van der Waals surface area contributed by atoms with Crippen LogP contribution in [0.4, 0.5) is 4.39 Å². The number of amides is 1. The minimum absolute atomic E-state index is 0.0355. The average Bonchev–Trinajstić information content (AvgIpc) is 2.50. The number of carbonyl (C=O) groups excluding carboxylic acids is 1. The van der Waals surface area contributed by atoms with E-state index in [1.54, 1.807) is 6.07 Å². The number of ether oxygens (including phenoxy) is 1. The van der Waals surface area contributed by atoms with E-state index < -0.39 is 11.7 Å². The van der Waals surface area contributed by atoms with Crippen molar-refractivity contribution in [2.45, 2.75) is 6.42 Å². The molecule has 21 heavy (non-hydrogen) atoms. The van der Waals surface area contributed by atoms with Crippen LogP contribution in [0.2, 0.25) is 0 Å². The normalized spacial score (nSPS) is 10.2. The summed E-state index contributed by atoms with van der Waals surface area (Å²) in [5.41, 5.74) is 0.0355. The molecule has 0 saturated heterocycles. The van der Waals surface area contributed by atoms with Gasteiger partial charge in [-0.25, -0.2) is 4.39 Å². The van der Waals surface area contributed by atoms with Crippen LogP contribution in [0.3, 0.4) is 0 Å². The van der Waals surface area contributed by atoms with Crippen molar-refractivity contribution in [2.75, 3.05) is 13.2 Å². The molecule has 0 spiro atoms. The van der Waals surface area contributed by atoms with E-state index in [1.807, 2.05) is 30.3 Å². The second kappa shape index (κ2) is 7.78. The average molecular weight is 352 g/mol. The Bertz CT molecular complexity index is 604. The van der Waals surface area contributed by atoms with Gasteiger partial charge in [-0.15, -0.1) is 0 Å². The first-order valence-corrected chi connectivity index (χ1v) is 7.37. The summed E-state index contributed by atoms with van der Waals surface area (Å²) in [6.07, 6.45) is 0.649. The summed E-state index contributed by atoms with van der Waals surface area (Å²) < 4.78 is 19.7. The smallest absolute Gasteiger partial charge is 0.254 e. The van der Waals surface area contributed by atoms with Gasteiger partial charge in [0.2, 0.25) is 0 Å². The van der Waals surface area contributed by atoms with Crippen LogP contribution < -0.4 is 10.1 Å². The molecule has 0 unspecified atom stereocenters. The molecule has 110 valence electrons. The Kier molecular flexibility index (Phi) is 5.75. The molecule has 5 heteroatoms. The molecule has 2 aromatic rings. The van der Waals surface area contributed by atoms with Crippen molar-refractivity contribution in [1.82, 2.24) is 5.32 Å². The maximum atomic E-state index is 13.5. The summed E-state index contributed by atoms with van der Waals surface area (Å²) in [7, 11) is 0. The SMILES string of the molecule is O=C(NCCCOc1ccccc1)c1cc(Br)ccc1F. The molecule has 0 fully saturated rings. The van der Waals surface area contributed by atoms with Crippen LogP contribution >= 0.6 is 15.9 Å². The van der Waals surface area contributed by atoms with Gasteiger partial charge in [-0.2, -0.15) is 0 Å². The molecule has 1 amide bonds. The van der Waals surface area contributed by atoms with Crippen LogP contribution in [-0.2, 0) is 0 Å². The van der Waals surface area contributed by atoms with E-state index in [9.17, 15) is 9.18 Å². The molecular formula is C16H15BrFNO2. The summed E-state index contributed by atoms with van der Waals surface area (Å²) in [6, 6.07) is 13.7. The lowest BCUT2D eigenvalue weighted by molar-refractivity contribution is 0.0947. The van der Waals surface area contributed by atoms with Gasteiger partial charge in [-0.05, 0) is 36.8 Å². The van der Waals surface area contributed by atoms with E-state index in [1.165, 1.54) is 12.1 Å². The number of hydrogen-bond acceptors (Lipinski definition) is 2. The number of benzene rings is 2. The fourth-order valence-electron chi connectivity index (χ4n) is 1.75. The molecule has 0 aliphatic rings. The molecule has 0 radical (unpaired) electrons. The standard InChI is InChI=1S/C16H15BrFNO2/c17-12-7-8-15(18)14(11-12)16(20)19-9-4-10-21-13-5-2-1-3-6-13/h1-3,5-8,11H,4,9-10H2,(H,19,20). The van der Waals surface area contributed by atoms with E-state index in [-0.39, 0.29) is 5.56 Å². The topological polar surface area (TPSA) is 38.3 Å². The largest absolute Gasteiger partial charge is 0.494 e. The maximum absolute atomic E-state index is 13.5. The predicted molar refractivity (Wildman–Crippen MR) is 83.0 cm³/mol. The number of rotatable bonds is 6. The van der Waals surface area contributed by atoms with Crippen molar-refractivity contribution < 1.29 is 13.9 Å². The Labute approximate surface area is 131 Å². The minimum atomic E-state index is -0.531. The molecule has 0 saturated carbocycles. The number of halogens is 2. The fraction of sp³-hybridized carbons (Fsp3) is 0.188. The van der Waals surface area contributed by atoms with Crippen LogP contribution in [0.25, 0.3) is 0 Å². The van der Waals surface area contributed by atoms with Gasteiger partial charge in [-0.3, -0.25) is 4.79 Å². The third-order valence-corrected chi connectivity index (χ3v) is 3.28. The Hall–Kier alpha value is -1.88. The molecule has 0 aromatic heterocycles. The summed E-state index contributed by atoms with van der Waals surface area (Å²) in [4.78, 5) is 11.8. The van der Waals surface area contributed by atoms with Crippen molar-refractivity contribution in [3.63, 3.8) is 0 Å². The van der Waals surface area contributed by atoms with Crippen LogP contribution in [0.1, 0.15) is 16.8 Å².